The van der Waals surface area contributed by atoms with Crippen molar-refractivity contribution in [1.29, 1.82) is 0 Å². The normalized spacial score (nSPS) is 19.9. The average molecular weight is 541 g/mol. The summed E-state index contributed by atoms with van der Waals surface area (Å²) < 4.78 is 10.9. The molecule has 4 aromatic rings. The van der Waals surface area contributed by atoms with Gasteiger partial charge in [0.25, 0.3) is 0 Å². The third-order valence-corrected chi connectivity index (χ3v) is 8.01. The number of aliphatic carboxylic acids is 1. The number of ether oxygens (including phenoxy) is 1. The number of nitrogens with zero attached hydrogens (tertiary/aromatic N) is 1. The van der Waals surface area contributed by atoms with Crippen molar-refractivity contribution < 1.29 is 23.8 Å². The number of carbonyl (C=O) groups is 2. The minimum absolute atomic E-state index is 0.118. The van der Waals surface area contributed by atoms with Crippen LogP contribution in [0.4, 0.5) is 5.69 Å². The molecule has 1 amide bonds. The SMILES string of the molecule is CCCCC(C(=O)Nc1cccc(C)c1)N1CC(c2ccc3occc3c2)C(C(=O)O)C1c1ccc(OC)cc1. The second-order valence-electron chi connectivity index (χ2n) is 10.6. The third-order valence-electron chi connectivity index (χ3n) is 8.01. The number of anilines is 1. The number of hydrogen-bond donors (Lipinski definition) is 2. The molecule has 208 valence electrons. The van der Waals surface area contributed by atoms with Crippen LogP contribution in [-0.2, 0) is 9.59 Å². The number of carboxylic acid groups (broad SMARTS) is 1. The van der Waals surface area contributed by atoms with Crippen molar-refractivity contribution >= 4 is 28.5 Å². The van der Waals surface area contributed by atoms with E-state index in [4.69, 9.17) is 9.15 Å². The average Bonchev–Trinajstić information content (AvgIpc) is 3.58. The van der Waals surface area contributed by atoms with Crippen molar-refractivity contribution in [2.24, 2.45) is 5.92 Å². The maximum absolute atomic E-state index is 13.9. The first-order valence-corrected chi connectivity index (χ1v) is 13.9. The molecule has 1 aliphatic rings. The van der Waals surface area contributed by atoms with E-state index in [2.05, 4.69) is 17.1 Å². The molecule has 0 bridgehead atoms. The van der Waals surface area contributed by atoms with E-state index in [0.717, 1.165) is 46.2 Å². The highest BCUT2D eigenvalue weighted by Gasteiger charge is 2.50. The molecule has 0 aliphatic carbocycles. The van der Waals surface area contributed by atoms with E-state index in [1.54, 1.807) is 13.4 Å². The Morgan fingerprint density at radius 2 is 1.85 bits per heavy atom. The fourth-order valence-corrected chi connectivity index (χ4v) is 6.03. The fourth-order valence-electron chi connectivity index (χ4n) is 6.03. The van der Waals surface area contributed by atoms with Crippen LogP contribution in [0.25, 0.3) is 11.0 Å². The Bertz CT molecular complexity index is 1480. The van der Waals surface area contributed by atoms with Crippen LogP contribution in [0.1, 0.15) is 54.8 Å². The van der Waals surface area contributed by atoms with Gasteiger partial charge in [-0.1, -0.05) is 50.1 Å². The topological polar surface area (TPSA) is 92.0 Å². The van der Waals surface area contributed by atoms with Gasteiger partial charge < -0.3 is 19.6 Å². The zero-order valence-electron chi connectivity index (χ0n) is 23.2. The molecule has 1 fully saturated rings. The van der Waals surface area contributed by atoms with Crippen LogP contribution in [-0.4, -0.2) is 41.6 Å². The molecule has 2 N–H and O–H groups in total. The highest BCUT2D eigenvalue weighted by Crippen LogP contribution is 2.48. The number of hydrogen-bond acceptors (Lipinski definition) is 5. The number of fused-ring (bicyclic) bond motifs is 1. The number of nitrogens with one attached hydrogen (secondary N) is 1. The number of carboxylic acids is 1. The lowest BCUT2D eigenvalue weighted by Gasteiger charge is -2.34. The number of carbonyl (C=O) groups excluding carboxylic acids is 1. The zero-order chi connectivity index (χ0) is 28.2. The monoisotopic (exact) mass is 540 g/mol. The molecular weight excluding hydrogens is 504 g/mol. The van der Waals surface area contributed by atoms with Crippen LogP contribution in [0.5, 0.6) is 5.75 Å². The van der Waals surface area contributed by atoms with Crippen LogP contribution in [0.15, 0.2) is 83.5 Å². The van der Waals surface area contributed by atoms with E-state index in [-0.39, 0.29) is 11.8 Å². The molecular formula is C33H36N2O5. The van der Waals surface area contributed by atoms with E-state index < -0.39 is 24.0 Å². The number of benzene rings is 3. The summed E-state index contributed by atoms with van der Waals surface area (Å²) in [5, 5.41) is 14.7. The molecule has 40 heavy (non-hydrogen) atoms. The van der Waals surface area contributed by atoms with Gasteiger partial charge in [-0.15, -0.1) is 0 Å². The summed E-state index contributed by atoms with van der Waals surface area (Å²) in [4.78, 5) is 29.1. The Balaban J connectivity index is 1.58. The van der Waals surface area contributed by atoms with E-state index in [0.29, 0.717) is 18.7 Å². The summed E-state index contributed by atoms with van der Waals surface area (Å²) >= 11 is 0. The molecule has 0 radical (unpaired) electrons. The number of rotatable bonds is 10. The van der Waals surface area contributed by atoms with E-state index >= 15 is 0 Å². The Morgan fingerprint density at radius 1 is 1.07 bits per heavy atom. The lowest BCUT2D eigenvalue weighted by Crippen LogP contribution is -2.45. The maximum atomic E-state index is 13.9. The number of unbranched alkanes of at least 4 members (excludes halogenated alkanes) is 1. The number of amides is 1. The molecule has 1 aliphatic heterocycles. The van der Waals surface area contributed by atoms with E-state index in [1.807, 2.05) is 79.7 Å². The quantitative estimate of drug-likeness (QED) is 0.230. The molecule has 4 unspecified atom stereocenters. The van der Waals surface area contributed by atoms with Crippen LogP contribution in [0.3, 0.4) is 0 Å². The summed E-state index contributed by atoms with van der Waals surface area (Å²) in [6.45, 7) is 4.53. The van der Waals surface area contributed by atoms with Gasteiger partial charge >= 0.3 is 5.97 Å². The Kier molecular flexibility index (Phi) is 8.21. The van der Waals surface area contributed by atoms with Gasteiger partial charge in [0, 0.05) is 29.6 Å². The van der Waals surface area contributed by atoms with Crippen molar-refractivity contribution in [2.45, 2.75) is 51.1 Å². The van der Waals surface area contributed by atoms with Crippen molar-refractivity contribution in [2.75, 3.05) is 19.0 Å². The minimum atomic E-state index is -0.881. The van der Waals surface area contributed by atoms with Gasteiger partial charge in [-0.05, 0) is 72.5 Å². The van der Waals surface area contributed by atoms with E-state index in [9.17, 15) is 14.7 Å². The largest absolute Gasteiger partial charge is 0.497 e. The molecule has 7 heteroatoms. The van der Waals surface area contributed by atoms with Crippen LogP contribution < -0.4 is 10.1 Å². The molecule has 1 saturated heterocycles. The molecule has 7 nitrogen and oxygen atoms in total. The Hall–Kier alpha value is -4.10. The summed E-state index contributed by atoms with van der Waals surface area (Å²) in [7, 11) is 1.61. The van der Waals surface area contributed by atoms with Gasteiger partial charge in [0.05, 0.1) is 25.3 Å². The van der Waals surface area contributed by atoms with Crippen molar-refractivity contribution in [1.82, 2.24) is 4.90 Å². The summed E-state index contributed by atoms with van der Waals surface area (Å²) in [5.74, 6) is -1.38. The lowest BCUT2D eigenvalue weighted by molar-refractivity contribution is -0.143. The zero-order valence-corrected chi connectivity index (χ0v) is 23.2. The number of methoxy groups -OCH3 is 1. The summed E-state index contributed by atoms with van der Waals surface area (Å²) in [6, 6.07) is 22.0. The first kappa shape index (κ1) is 27.5. The molecule has 5 rings (SSSR count). The highest BCUT2D eigenvalue weighted by atomic mass is 16.5. The predicted octanol–water partition coefficient (Wildman–Crippen LogP) is 6.79. The maximum Gasteiger partial charge on any atom is 0.309 e. The van der Waals surface area contributed by atoms with Gasteiger partial charge in [-0.25, -0.2) is 0 Å². The van der Waals surface area contributed by atoms with Crippen molar-refractivity contribution in [3.05, 3.63) is 95.7 Å². The Labute approximate surface area is 234 Å². The fraction of sp³-hybridized carbons (Fsp3) is 0.333. The van der Waals surface area contributed by atoms with Gasteiger partial charge in [-0.3, -0.25) is 14.5 Å². The van der Waals surface area contributed by atoms with Crippen molar-refractivity contribution in [3.63, 3.8) is 0 Å². The second kappa shape index (κ2) is 12.0. The number of furan rings is 1. The van der Waals surface area contributed by atoms with Crippen LogP contribution in [0.2, 0.25) is 0 Å². The third kappa shape index (κ3) is 5.61. The number of aryl methyl sites for hydroxylation is 1. The minimum Gasteiger partial charge on any atom is -0.497 e. The lowest BCUT2D eigenvalue weighted by atomic mass is 9.82. The van der Waals surface area contributed by atoms with Gasteiger partial charge in [0.15, 0.2) is 0 Å². The molecule has 1 aromatic heterocycles. The molecule has 2 heterocycles. The van der Waals surface area contributed by atoms with Crippen LogP contribution >= 0.6 is 0 Å². The second-order valence-corrected chi connectivity index (χ2v) is 10.6. The molecule has 3 aromatic carbocycles. The number of likely N-dealkylation sites (tertiary alicyclic amines) is 1. The standard InChI is InChI=1S/C33H36N2O5/c1-4-5-9-28(32(36)34-25-8-6-7-21(2)18-25)35-20-27(23-12-15-29-24(19-23)16-17-40-29)30(33(37)38)31(35)22-10-13-26(39-3)14-11-22/h6-8,10-19,27-28,30-31H,4-5,9,20H2,1-3H3,(H,34,36)(H,37,38). The van der Waals surface area contributed by atoms with Gasteiger partial charge in [-0.2, -0.15) is 0 Å². The van der Waals surface area contributed by atoms with Crippen LogP contribution in [0, 0.1) is 12.8 Å². The molecule has 0 spiro atoms. The molecule has 4 atom stereocenters. The van der Waals surface area contributed by atoms with Gasteiger partial charge in [0.2, 0.25) is 5.91 Å². The molecule has 0 saturated carbocycles. The van der Waals surface area contributed by atoms with E-state index in [1.165, 1.54) is 0 Å². The predicted molar refractivity (Wildman–Crippen MR) is 156 cm³/mol. The highest BCUT2D eigenvalue weighted by molar-refractivity contribution is 5.95. The van der Waals surface area contributed by atoms with Crippen molar-refractivity contribution in [3.8, 4) is 5.75 Å². The first-order valence-electron chi connectivity index (χ1n) is 13.9. The van der Waals surface area contributed by atoms with Gasteiger partial charge in [0.1, 0.15) is 11.3 Å². The smallest absolute Gasteiger partial charge is 0.309 e. The summed E-state index contributed by atoms with van der Waals surface area (Å²) in [6.07, 6.45) is 4.04. The Morgan fingerprint density at radius 3 is 2.55 bits per heavy atom. The summed E-state index contributed by atoms with van der Waals surface area (Å²) in [5.41, 5.74) is 4.33. The first-order chi connectivity index (χ1) is 19.4.